The summed E-state index contributed by atoms with van der Waals surface area (Å²) in [6.07, 6.45) is 1.71. The van der Waals surface area contributed by atoms with Crippen molar-refractivity contribution >= 4 is 5.65 Å². The van der Waals surface area contributed by atoms with Crippen LogP contribution in [0.5, 0.6) is 0 Å². The van der Waals surface area contributed by atoms with E-state index < -0.39 is 0 Å². The topological polar surface area (TPSA) is 95.1 Å². The van der Waals surface area contributed by atoms with Gasteiger partial charge in [0.05, 0.1) is 23.4 Å². The Morgan fingerprint density at radius 1 is 1.04 bits per heavy atom. The van der Waals surface area contributed by atoms with Crippen LogP contribution in [-0.4, -0.2) is 29.9 Å². The predicted molar refractivity (Wildman–Crippen MR) is 89.2 cm³/mol. The van der Waals surface area contributed by atoms with Crippen molar-refractivity contribution in [3.63, 3.8) is 0 Å². The Labute approximate surface area is 143 Å². The third kappa shape index (κ3) is 2.41. The van der Waals surface area contributed by atoms with Gasteiger partial charge in [-0.2, -0.15) is 10.1 Å². The van der Waals surface area contributed by atoms with Crippen molar-refractivity contribution in [2.75, 3.05) is 0 Å². The molecule has 0 bridgehead atoms. The van der Waals surface area contributed by atoms with Crippen molar-refractivity contribution in [3.8, 4) is 11.4 Å². The minimum Gasteiger partial charge on any atom is -0.361 e. The zero-order valence-corrected chi connectivity index (χ0v) is 14.7. The van der Waals surface area contributed by atoms with E-state index in [0.717, 1.165) is 39.6 Å². The Balaban J connectivity index is 1.77. The Morgan fingerprint density at radius 2 is 1.84 bits per heavy atom. The van der Waals surface area contributed by atoms with Gasteiger partial charge in [-0.05, 0) is 40.7 Å². The van der Waals surface area contributed by atoms with E-state index in [1.807, 2.05) is 40.7 Å². The number of aromatic nitrogens is 6. The average Bonchev–Trinajstić information content (AvgIpc) is 3.25. The van der Waals surface area contributed by atoms with Crippen LogP contribution >= 0.6 is 0 Å². The molecule has 4 aromatic rings. The van der Waals surface area contributed by atoms with E-state index in [1.165, 1.54) is 0 Å². The molecule has 0 aliphatic heterocycles. The summed E-state index contributed by atoms with van der Waals surface area (Å²) in [5.41, 5.74) is 5.18. The molecule has 0 aromatic carbocycles. The normalized spacial score (nSPS) is 12.8. The molecule has 0 saturated heterocycles. The lowest BCUT2D eigenvalue weighted by atomic mass is 9.99. The fourth-order valence-corrected chi connectivity index (χ4v) is 3.18. The largest absolute Gasteiger partial charge is 0.361 e. The highest BCUT2D eigenvalue weighted by Gasteiger charge is 2.24. The molecule has 8 heteroatoms. The summed E-state index contributed by atoms with van der Waals surface area (Å²) in [5.74, 6) is 1.63. The van der Waals surface area contributed by atoms with E-state index in [4.69, 9.17) is 9.05 Å². The molecule has 0 N–H and O–H groups in total. The molecule has 4 heterocycles. The zero-order chi connectivity index (χ0) is 17.7. The van der Waals surface area contributed by atoms with Crippen LogP contribution in [0.25, 0.3) is 17.0 Å². The van der Waals surface area contributed by atoms with E-state index >= 15 is 0 Å². The van der Waals surface area contributed by atoms with Crippen molar-refractivity contribution in [2.24, 2.45) is 0 Å². The molecule has 8 nitrogen and oxygen atoms in total. The molecular weight excluding hydrogens is 320 g/mol. The number of aryl methyl sites for hydroxylation is 4. The second kappa shape index (κ2) is 5.51. The fourth-order valence-electron chi connectivity index (χ4n) is 3.18. The maximum atomic E-state index is 5.50. The van der Waals surface area contributed by atoms with Crippen molar-refractivity contribution in [3.05, 3.63) is 46.6 Å². The molecule has 1 atom stereocenters. The summed E-state index contributed by atoms with van der Waals surface area (Å²) in [4.78, 5) is 9.12. The Hall–Kier alpha value is -3.03. The van der Waals surface area contributed by atoms with Crippen LogP contribution in [0.15, 0.2) is 21.3 Å². The van der Waals surface area contributed by atoms with E-state index in [0.29, 0.717) is 11.7 Å². The van der Waals surface area contributed by atoms with Crippen molar-refractivity contribution in [1.29, 1.82) is 0 Å². The Bertz CT molecular complexity index is 1050. The summed E-state index contributed by atoms with van der Waals surface area (Å²) in [7, 11) is 0. The van der Waals surface area contributed by atoms with Gasteiger partial charge in [0.15, 0.2) is 5.65 Å². The molecule has 0 spiro atoms. The van der Waals surface area contributed by atoms with Gasteiger partial charge in [0, 0.05) is 17.0 Å². The number of rotatable bonds is 3. The van der Waals surface area contributed by atoms with Gasteiger partial charge in [-0.1, -0.05) is 10.3 Å². The molecule has 4 aromatic heterocycles. The average molecular weight is 338 g/mol. The van der Waals surface area contributed by atoms with Gasteiger partial charge in [0.25, 0.3) is 0 Å². The Morgan fingerprint density at radius 3 is 2.56 bits per heavy atom. The van der Waals surface area contributed by atoms with Gasteiger partial charge in [-0.3, -0.25) is 0 Å². The highest BCUT2D eigenvalue weighted by molar-refractivity contribution is 5.72. The first-order valence-electron chi connectivity index (χ1n) is 8.04. The maximum absolute atomic E-state index is 5.50. The van der Waals surface area contributed by atoms with Crippen molar-refractivity contribution in [1.82, 2.24) is 29.9 Å². The highest BCUT2D eigenvalue weighted by atomic mass is 16.5. The van der Waals surface area contributed by atoms with Crippen LogP contribution in [0.1, 0.15) is 47.1 Å². The molecule has 0 unspecified atom stereocenters. The number of hydrogen-bond donors (Lipinski definition) is 0. The van der Waals surface area contributed by atoms with Crippen molar-refractivity contribution < 1.29 is 9.05 Å². The minimum absolute atomic E-state index is 0.106. The molecular formula is C17H18N6O2. The molecule has 128 valence electrons. The number of fused-ring (bicyclic) bond motifs is 1. The molecule has 0 fully saturated rings. The summed E-state index contributed by atoms with van der Waals surface area (Å²) in [6, 6.07) is 1.98. The second-order valence-corrected chi connectivity index (χ2v) is 6.25. The van der Waals surface area contributed by atoms with Crippen LogP contribution in [0.3, 0.4) is 0 Å². The molecule has 0 amide bonds. The van der Waals surface area contributed by atoms with E-state index in [-0.39, 0.29) is 5.92 Å². The third-order valence-electron chi connectivity index (χ3n) is 4.35. The first-order chi connectivity index (χ1) is 12.0. The van der Waals surface area contributed by atoms with Crippen LogP contribution in [0, 0.1) is 27.7 Å². The molecule has 0 aliphatic rings. The van der Waals surface area contributed by atoms with Crippen molar-refractivity contribution in [2.45, 2.75) is 40.5 Å². The SMILES string of the molecule is Cc1cc(C)n2ncc(-c3noc([C@H](C)c4c(C)noc4C)n3)c2n1. The smallest absolute Gasteiger partial charge is 0.234 e. The van der Waals surface area contributed by atoms with Gasteiger partial charge in [-0.15, -0.1) is 0 Å². The van der Waals surface area contributed by atoms with Gasteiger partial charge in [-0.25, -0.2) is 9.50 Å². The summed E-state index contributed by atoms with van der Waals surface area (Å²) in [6.45, 7) is 9.71. The van der Waals surface area contributed by atoms with Crippen LogP contribution in [-0.2, 0) is 0 Å². The molecule has 4 rings (SSSR count). The highest BCUT2D eigenvalue weighted by Crippen LogP contribution is 2.30. The second-order valence-electron chi connectivity index (χ2n) is 6.25. The molecule has 0 radical (unpaired) electrons. The monoisotopic (exact) mass is 338 g/mol. The zero-order valence-electron chi connectivity index (χ0n) is 14.7. The minimum atomic E-state index is -0.106. The quantitative estimate of drug-likeness (QED) is 0.566. The fraction of sp³-hybridized carbons (Fsp3) is 0.353. The van der Waals surface area contributed by atoms with Crippen LogP contribution < -0.4 is 0 Å². The lowest BCUT2D eigenvalue weighted by Gasteiger charge is -2.04. The summed E-state index contributed by atoms with van der Waals surface area (Å²) >= 11 is 0. The van der Waals surface area contributed by atoms with Crippen LogP contribution in [0.4, 0.5) is 0 Å². The van der Waals surface area contributed by atoms with Gasteiger partial charge < -0.3 is 9.05 Å². The van der Waals surface area contributed by atoms with Gasteiger partial charge in [0.2, 0.25) is 11.7 Å². The van der Waals surface area contributed by atoms with E-state index in [9.17, 15) is 0 Å². The third-order valence-corrected chi connectivity index (χ3v) is 4.35. The van der Waals surface area contributed by atoms with Gasteiger partial charge in [0.1, 0.15) is 5.76 Å². The van der Waals surface area contributed by atoms with Gasteiger partial charge >= 0.3 is 0 Å². The first kappa shape index (κ1) is 15.5. The summed E-state index contributed by atoms with van der Waals surface area (Å²) in [5, 5.41) is 12.5. The molecule has 25 heavy (non-hydrogen) atoms. The number of hydrogen-bond acceptors (Lipinski definition) is 7. The maximum Gasteiger partial charge on any atom is 0.234 e. The summed E-state index contributed by atoms with van der Waals surface area (Å²) < 4.78 is 12.5. The Kier molecular flexibility index (Phi) is 3.41. The number of nitrogens with zero attached hydrogens (tertiary/aromatic N) is 6. The molecule has 0 saturated carbocycles. The van der Waals surface area contributed by atoms with E-state index in [1.54, 1.807) is 10.7 Å². The first-order valence-corrected chi connectivity index (χ1v) is 8.04. The van der Waals surface area contributed by atoms with E-state index in [2.05, 4.69) is 25.4 Å². The van der Waals surface area contributed by atoms with Crippen LogP contribution in [0.2, 0.25) is 0 Å². The molecule has 0 aliphatic carbocycles. The lowest BCUT2D eigenvalue weighted by Crippen LogP contribution is -1.99. The predicted octanol–water partition coefficient (Wildman–Crippen LogP) is 3.15. The lowest BCUT2D eigenvalue weighted by molar-refractivity contribution is 0.367. The standard InChI is InChI=1S/C17H18N6O2/c1-8-6-9(2)23-16(19-8)13(7-18-23)15-20-17(25-22-15)10(3)14-11(4)21-24-12(14)5/h6-7,10H,1-5H3/t10-/m1/s1.